The third-order valence-corrected chi connectivity index (χ3v) is 6.80. The van der Waals surface area contributed by atoms with E-state index in [9.17, 15) is 22.8 Å². The molecule has 0 bridgehead atoms. The monoisotopic (exact) mass is 578 g/mol. The molecule has 0 spiro atoms. The number of carbonyl (C=O) groups excluding carboxylic acids is 2. The second kappa shape index (κ2) is 10.1. The number of likely N-dealkylation sites (tertiary alicyclic amines) is 1. The van der Waals surface area contributed by atoms with Crippen molar-refractivity contribution in [1.82, 2.24) is 19.2 Å². The summed E-state index contributed by atoms with van der Waals surface area (Å²) in [5.74, 6) is -0.155. The van der Waals surface area contributed by atoms with Gasteiger partial charge in [0.05, 0.1) is 37.7 Å². The van der Waals surface area contributed by atoms with E-state index in [-0.39, 0.29) is 44.0 Å². The van der Waals surface area contributed by atoms with Crippen LogP contribution in [-0.2, 0) is 11.2 Å². The highest BCUT2D eigenvalue weighted by Crippen LogP contribution is 2.36. The van der Waals surface area contributed by atoms with Crippen LogP contribution in [-0.4, -0.2) is 88.5 Å². The number of rotatable bonds is 6. The van der Waals surface area contributed by atoms with Gasteiger partial charge in [-0.2, -0.15) is 13.2 Å². The van der Waals surface area contributed by atoms with Crippen LogP contribution < -0.4 is 9.47 Å². The Hall–Kier alpha value is -4.03. The maximum absolute atomic E-state index is 15.0. The fourth-order valence-corrected chi connectivity index (χ4v) is 4.97. The van der Waals surface area contributed by atoms with E-state index in [1.807, 2.05) is 0 Å². The molecule has 1 fully saturated rings. The Morgan fingerprint density at radius 1 is 1.15 bits per heavy atom. The number of pyridine rings is 1. The van der Waals surface area contributed by atoms with Crippen molar-refractivity contribution in [2.24, 2.45) is 0 Å². The van der Waals surface area contributed by atoms with Crippen LogP contribution in [0.2, 0.25) is 0 Å². The number of hydrogen-bond donors (Lipinski definition) is 0. The Labute approximate surface area is 233 Å². The van der Waals surface area contributed by atoms with Gasteiger partial charge in [-0.15, -0.1) is 0 Å². The molecule has 41 heavy (non-hydrogen) atoms. The van der Waals surface area contributed by atoms with Crippen molar-refractivity contribution in [3.8, 4) is 22.8 Å². The zero-order chi connectivity index (χ0) is 29.7. The molecule has 2 aliphatic heterocycles. The van der Waals surface area contributed by atoms with Crippen molar-refractivity contribution in [2.45, 2.75) is 44.6 Å². The van der Waals surface area contributed by atoms with E-state index in [0.717, 1.165) is 4.90 Å². The van der Waals surface area contributed by atoms with Crippen LogP contribution in [0, 0.1) is 0 Å². The lowest BCUT2D eigenvalue weighted by molar-refractivity contribution is -0.141. The first kappa shape index (κ1) is 28.5. The first-order valence-corrected chi connectivity index (χ1v) is 13.0. The SMILES string of the molecule is COc1cc(-c2cnc3cc(OCC4(F)CN(C(=O)OC(C)(C)C)C4)ccn23)cc2c1C(=O)N(CC(F)(F)F)CC2. The largest absolute Gasteiger partial charge is 0.496 e. The predicted octanol–water partition coefficient (Wildman–Crippen LogP) is 4.91. The maximum Gasteiger partial charge on any atom is 0.410 e. The molecule has 0 radical (unpaired) electrons. The number of ether oxygens (including phenoxy) is 3. The van der Waals surface area contributed by atoms with E-state index >= 15 is 4.39 Å². The van der Waals surface area contributed by atoms with Crippen molar-refractivity contribution in [2.75, 3.05) is 39.9 Å². The molecule has 13 heteroatoms. The molecule has 9 nitrogen and oxygen atoms in total. The number of benzene rings is 1. The molecule has 2 amide bonds. The van der Waals surface area contributed by atoms with Crippen molar-refractivity contribution in [3.05, 3.63) is 47.8 Å². The van der Waals surface area contributed by atoms with Crippen LogP contribution in [0.5, 0.6) is 11.5 Å². The van der Waals surface area contributed by atoms with Gasteiger partial charge in [0.2, 0.25) is 0 Å². The van der Waals surface area contributed by atoms with E-state index in [0.29, 0.717) is 28.2 Å². The highest BCUT2D eigenvalue weighted by molar-refractivity contribution is 6.00. The molecule has 2 aromatic heterocycles. The molecule has 3 aromatic rings. The van der Waals surface area contributed by atoms with Gasteiger partial charge in [0.1, 0.15) is 35.9 Å². The number of alkyl halides is 4. The van der Waals surface area contributed by atoms with Crippen molar-refractivity contribution in [3.63, 3.8) is 0 Å². The maximum atomic E-state index is 15.0. The first-order chi connectivity index (χ1) is 19.1. The van der Waals surface area contributed by atoms with E-state index in [4.69, 9.17) is 14.2 Å². The van der Waals surface area contributed by atoms with Gasteiger partial charge < -0.3 is 24.0 Å². The second-order valence-corrected chi connectivity index (χ2v) is 11.3. The number of hydrogen-bond acceptors (Lipinski definition) is 6. The van der Waals surface area contributed by atoms with Crippen LogP contribution in [0.3, 0.4) is 0 Å². The smallest absolute Gasteiger partial charge is 0.410 e. The van der Waals surface area contributed by atoms with E-state index in [1.54, 1.807) is 61.8 Å². The molecule has 1 aromatic carbocycles. The first-order valence-electron chi connectivity index (χ1n) is 13.0. The zero-order valence-corrected chi connectivity index (χ0v) is 23.0. The van der Waals surface area contributed by atoms with Crippen LogP contribution in [0.25, 0.3) is 16.9 Å². The number of methoxy groups -OCH3 is 1. The van der Waals surface area contributed by atoms with Crippen molar-refractivity contribution < 1.29 is 41.4 Å². The summed E-state index contributed by atoms with van der Waals surface area (Å²) in [5, 5.41) is 0. The second-order valence-electron chi connectivity index (χ2n) is 11.3. The van der Waals surface area contributed by atoms with Gasteiger partial charge >= 0.3 is 12.3 Å². The van der Waals surface area contributed by atoms with E-state index in [1.165, 1.54) is 12.0 Å². The minimum atomic E-state index is -4.50. The summed E-state index contributed by atoms with van der Waals surface area (Å²) >= 11 is 0. The van der Waals surface area contributed by atoms with Crippen molar-refractivity contribution in [1.29, 1.82) is 0 Å². The molecular formula is C28H30F4N4O5. The summed E-state index contributed by atoms with van der Waals surface area (Å²) < 4.78 is 72.0. The lowest BCUT2D eigenvalue weighted by atomic mass is 9.94. The Balaban J connectivity index is 1.30. The highest BCUT2D eigenvalue weighted by Gasteiger charge is 2.48. The third kappa shape index (κ3) is 6.03. The lowest BCUT2D eigenvalue weighted by Gasteiger charge is -2.43. The summed E-state index contributed by atoms with van der Waals surface area (Å²) in [5.41, 5.74) is 0.185. The van der Waals surface area contributed by atoms with Gasteiger partial charge in [0.15, 0.2) is 5.67 Å². The standard InChI is InChI=1S/C28H30F4N4O5/c1-26(2,3)41-25(38)35-13-27(29,14-35)16-40-19-6-8-36-20(12-33-22(36)11-19)18-9-17-5-7-34(15-28(30,31)32)24(37)23(17)21(10-18)39-4/h6,8-12H,5,7,13-16H2,1-4H3. The van der Waals surface area contributed by atoms with E-state index in [2.05, 4.69) is 4.98 Å². The molecule has 0 atom stereocenters. The van der Waals surface area contributed by atoms with Gasteiger partial charge in [0.25, 0.3) is 5.91 Å². The summed E-state index contributed by atoms with van der Waals surface area (Å²) in [6.45, 7) is 3.33. The molecule has 5 rings (SSSR count). The molecule has 2 aliphatic rings. The number of halogens is 4. The minimum absolute atomic E-state index is 0.0581. The molecule has 0 unspecified atom stereocenters. The number of nitrogens with zero attached hydrogens (tertiary/aromatic N) is 4. The quantitative estimate of drug-likeness (QED) is 0.387. The number of imidazole rings is 1. The molecule has 0 saturated carbocycles. The summed E-state index contributed by atoms with van der Waals surface area (Å²) in [4.78, 5) is 31.4. The predicted molar refractivity (Wildman–Crippen MR) is 140 cm³/mol. The number of aromatic nitrogens is 2. The average molecular weight is 579 g/mol. The summed E-state index contributed by atoms with van der Waals surface area (Å²) in [6.07, 6.45) is -1.51. The Kier molecular flexibility index (Phi) is 7.03. The third-order valence-electron chi connectivity index (χ3n) is 6.80. The highest BCUT2D eigenvalue weighted by atomic mass is 19.4. The van der Waals surface area contributed by atoms with Crippen molar-refractivity contribution >= 4 is 17.6 Å². The molecule has 220 valence electrons. The fraction of sp³-hybridized carbons (Fsp3) is 0.464. The fourth-order valence-electron chi connectivity index (χ4n) is 4.97. The van der Waals surface area contributed by atoms with Gasteiger partial charge in [-0.3, -0.25) is 9.20 Å². The normalized spacial score (nSPS) is 16.8. The number of fused-ring (bicyclic) bond motifs is 2. The Morgan fingerprint density at radius 2 is 1.88 bits per heavy atom. The average Bonchev–Trinajstić information content (AvgIpc) is 3.28. The number of amides is 2. The van der Waals surface area contributed by atoms with Crippen LogP contribution in [0.1, 0.15) is 36.7 Å². The zero-order valence-electron chi connectivity index (χ0n) is 23.0. The Morgan fingerprint density at radius 3 is 2.54 bits per heavy atom. The van der Waals surface area contributed by atoms with Crippen LogP contribution in [0.15, 0.2) is 36.7 Å². The molecule has 1 saturated heterocycles. The lowest BCUT2D eigenvalue weighted by Crippen LogP contribution is -2.64. The van der Waals surface area contributed by atoms with Crippen LogP contribution >= 0.6 is 0 Å². The van der Waals surface area contributed by atoms with Crippen LogP contribution in [0.4, 0.5) is 22.4 Å². The van der Waals surface area contributed by atoms with Gasteiger partial charge in [-0.05, 0) is 51.0 Å². The Bertz CT molecular complexity index is 1470. The molecule has 0 aliphatic carbocycles. The molecule has 4 heterocycles. The minimum Gasteiger partial charge on any atom is -0.496 e. The molecule has 0 N–H and O–H groups in total. The molecular weight excluding hydrogens is 548 g/mol. The summed E-state index contributed by atoms with van der Waals surface area (Å²) in [6, 6.07) is 6.65. The van der Waals surface area contributed by atoms with Gasteiger partial charge in [-0.25, -0.2) is 14.2 Å². The number of carbonyl (C=O) groups is 2. The summed E-state index contributed by atoms with van der Waals surface area (Å²) in [7, 11) is 1.36. The van der Waals surface area contributed by atoms with Gasteiger partial charge in [-0.1, -0.05) is 0 Å². The van der Waals surface area contributed by atoms with Gasteiger partial charge in [0, 0.05) is 24.4 Å². The van der Waals surface area contributed by atoms with E-state index < -0.39 is 36.0 Å². The topological polar surface area (TPSA) is 85.6 Å².